The van der Waals surface area contributed by atoms with Gasteiger partial charge < -0.3 is 9.80 Å². The van der Waals surface area contributed by atoms with Crippen LogP contribution < -0.4 is 4.90 Å². The minimum Gasteiger partial charge on any atom is -0.341 e. The highest BCUT2D eigenvalue weighted by Crippen LogP contribution is 2.28. The molecule has 4 rings (SSSR count). The summed E-state index contributed by atoms with van der Waals surface area (Å²) >= 11 is 0. The highest BCUT2D eigenvalue weighted by molar-refractivity contribution is 6.00. The van der Waals surface area contributed by atoms with Crippen LogP contribution in [-0.4, -0.2) is 40.1 Å². The summed E-state index contributed by atoms with van der Waals surface area (Å²) in [6.45, 7) is 1.25. The van der Waals surface area contributed by atoms with Crippen molar-refractivity contribution in [3.63, 3.8) is 0 Å². The molecule has 2 amide bonds. The molecule has 3 aromatic rings. The van der Waals surface area contributed by atoms with Crippen molar-refractivity contribution in [1.29, 1.82) is 0 Å². The molecule has 1 fully saturated rings. The van der Waals surface area contributed by atoms with E-state index < -0.39 is 11.7 Å². The number of amides is 2. The third-order valence-electron chi connectivity index (χ3n) is 5.29. The smallest absolute Gasteiger partial charge is 0.228 e. The zero-order chi connectivity index (χ0) is 21.1. The molecule has 1 aromatic heterocycles. The number of aromatic nitrogens is 2. The second-order valence-corrected chi connectivity index (χ2v) is 7.58. The van der Waals surface area contributed by atoms with Crippen LogP contribution in [0, 0.1) is 11.7 Å². The van der Waals surface area contributed by atoms with Crippen molar-refractivity contribution in [3.8, 4) is 0 Å². The number of halogens is 1. The molecule has 0 radical (unpaired) electrons. The topological polar surface area (TPSA) is 58.4 Å². The quantitative estimate of drug-likeness (QED) is 0.632. The number of carbonyl (C=O) groups excluding carboxylic acids is 2. The van der Waals surface area contributed by atoms with E-state index in [9.17, 15) is 14.0 Å². The average molecular weight is 406 g/mol. The van der Waals surface area contributed by atoms with Gasteiger partial charge in [-0.15, -0.1) is 0 Å². The second kappa shape index (κ2) is 8.49. The largest absolute Gasteiger partial charge is 0.341 e. The summed E-state index contributed by atoms with van der Waals surface area (Å²) in [5.41, 5.74) is 2.29. The fraction of sp³-hybridized carbons (Fsp3) is 0.261. The lowest BCUT2D eigenvalue weighted by atomic mass is 10.1. The predicted octanol–water partition coefficient (Wildman–Crippen LogP) is 3.08. The van der Waals surface area contributed by atoms with Crippen LogP contribution in [0.5, 0.6) is 0 Å². The molecule has 6 nitrogen and oxygen atoms in total. The Morgan fingerprint density at radius 1 is 1.13 bits per heavy atom. The Kier molecular flexibility index (Phi) is 5.61. The first-order valence-corrected chi connectivity index (χ1v) is 9.86. The van der Waals surface area contributed by atoms with Crippen molar-refractivity contribution in [3.05, 3.63) is 83.9 Å². The van der Waals surface area contributed by atoms with E-state index in [4.69, 9.17) is 0 Å². The van der Waals surface area contributed by atoms with E-state index >= 15 is 0 Å². The molecule has 1 aliphatic rings. The minimum absolute atomic E-state index is 0.0881. The van der Waals surface area contributed by atoms with Gasteiger partial charge in [0, 0.05) is 38.3 Å². The van der Waals surface area contributed by atoms with Crippen LogP contribution in [0.15, 0.2) is 67.0 Å². The standard InChI is InChI=1S/C23H23FN4O2/c1-26(13-18-12-25-27(15-18)14-17-7-3-2-4-8-17)23(30)19-11-22(29)28(16-19)21-10-6-5-9-20(21)24/h2-10,12,15,19H,11,13-14,16H2,1H3/t19-/m0/s1. The van der Waals surface area contributed by atoms with Crippen LogP contribution in [-0.2, 0) is 22.7 Å². The maximum absolute atomic E-state index is 14.0. The lowest BCUT2D eigenvalue weighted by Gasteiger charge is -2.21. The van der Waals surface area contributed by atoms with Crippen LogP contribution in [0.1, 0.15) is 17.5 Å². The first-order chi connectivity index (χ1) is 14.5. The molecule has 1 saturated heterocycles. The molecule has 0 N–H and O–H groups in total. The molecule has 7 heteroatoms. The number of nitrogens with zero attached hydrogens (tertiary/aromatic N) is 4. The minimum atomic E-state index is -0.485. The SMILES string of the molecule is CN(Cc1cnn(Cc2ccccc2)c1)C(=O)[C@H]1CC(=O)N(c2ccccc2F)C1. The van der Waals surface area contributed by atoms with Gasteiger partial charge in [-0.05, 0) is 17.7 Å². The monoisotopic (exact) mass is 406 g/mol. The lowest BCUT2D eigenvalue weighted by Crippen LogP contribution is -2.34. The normalized spacial score (nSPS) is 16.1. The van der Waals surface area contributed by atoms with E-state index in [1.165, 1.54) is 11.0 Å². The molecule has 0 unspecified atom stereocenters. The van der Waals surface area contributed by atoms with Crippen molar-refractivity contribution in [2.75, 3.05) is 18.5 Å². The summed E-state index contributed by atoms with van der Waals surface area (Å²) in [5, 5.41) is 4.37. The van der Waals surface area contributed by atoms with Crippen molar-refractivity contribution >= 4 is 17.5 Å². The number of para-hydroxylation sites is 1. The van der Waals surface area contributed by atoms with Crippen LogP contribution >= 0.6 is 0 Å². The van der Waals surface area contributed by atoms with Gasteiger partial charge in [-0.1, -0.05) is 42.5 Å². The molecule has 1 aliphatic heterocycles. The zero-order valence-electron chi connectivity index (χ0n) is 16.7. The molecular formula is C23H23FN4O2. The Morgan fingerprint density at radius 3 is 2.63 bits per heavy atom. The summed E-state index contributed by atoms with van der Waals surface area (Å²) < 4.78 is 15.9. The maximum atomic E-state index is 14.0. The van der Waals surface area contributed by atoms with Crippen molar-refractivity contribution in [2.45, 2.75) is 19.5 Å². The molecule has 1 atom stereocenters. The molecule has 0 saturated carbocycles. The van der Waals surface area contributed by atoms with E-state index in [0.29, 0.717) is 13.1 Å². The van der Waals surface area contributed by atoms with E-state index in [1.54, 1.807) is 36.3 Å². The second-order valence-electron chi connectivity index (χ2n) is 7.58. The summed E-state index contributed by atoms with van der Waals surface area (Å²) in [7, 11) is 1.72. The molecule has 154 valence electrons. The van der Waals surface area contributed by atoms with Gasteiger partial charge in [-0.2, -0.15) is 5.10 Å². The van der Waals surface area contributed by atoms with Gasteiger partial charge in [0.05, 0.1) is 24.3 Å². The average Bonchev–Trinajstić information content (AvgIpc) is 3.35. The molecule has 0 aliphatic carbocycles. The van der Waals surface area contributed by atoms with Gasteiger partial charge in [-0.25, -0.2) is 4.39 Å². The maximum Gasteiger partial charge on any atom is 0.228 e. The lowest BCUT2D eigenvalue weighted by molar-refractivity contribution is -0.135. The van der Waals surface area contributed by atoms with Gasteiger partial charge in [0.2, 0.25) is 11.8 Å². The van der Waals surface area contributed by atoms with E-state index in [1.807, 2.05) is 41.2 Å². The van der Waals surface area contributed by atoms with Crippen LogP contribution in [0.2, 0.25) is 0 Å². The van der Waals surface area contributed by atoms with E-state index in [-0.39, 0.29) is 30.5 Å². The van der Waals surface area contributed by atoms with Crippen LogP contribution in [0.4, 0.5) is 10.1 Å². The Balaban J connectivity index is 1.37. The third-order valence-corrected chi connectivity index (χ3v) is 5.29. The molecular weight excluding hydrogens is 383 g/mol. The summed E-state index contributed by atoms with van der Waals surface area (Å²) in [4.78, 5) is 28.2. The first-order valence-electron chi connectivity index (χ1n) is 9.86. The number of benzene rings is 2. The summed E-state index contributed by atoms with van der Waals surface area (Å²) in [6.07, 6.45) is 3.76. The Labute approximate surface area is 174 Å². The van der Waals surface area contributed by atoms with E-state index in [0.717, 1.165) is 11.1 Å². The Morgan fingerprint density at radius 2 is 1.87 bits per heavy atom. The molecule has 2 heterocycles. The third kappa shape index (κ3) is 4.25. The highest BCUT2D eigenvalue weighted by atomic mass is 19.1. The molecule has 2 aromatic carbocycles. The fourth-order valence-corrected chi connectivity index (χ4v) is 3.78. The highest BCUT2D eigenvalue weighted by Gasteiger charge is 2.37. The van der Waals surface area contributed by atoms with Crippen LogP contribution in [0.3, 0.4) is 0 Å². The fourth-order valence-electron chi connectivity index (χ4n) is 3.78. The predicted molar refractivity (Wildman–Crippen MR) is 111 cm³/mol. The summed E-state index contributed by atoms with van der Waals surface area (Å²) in [6, 6.07) is 16.2. The zero-order valence-corrected chi connectivity index (χ0v) is 16.7. The Hall–Kier alpha value is -3.48. The van der Waals surface area contributed by atoms with Gasteiger partial charge in [0.15, 0.2) is 0 Å². The van der Waals surface area contributed by atoms with Crippen molar-refractivity contribution < 1.29 is 14.0 Å². The number of anilines is 1. The van der Waals surface area contributed by atoms with Gasteiger partial charge in [0.1, 0.15) is 5.82 Å². The van der Waals surface area contributed by atoms with Crippen molar-refractivity contribution in [2.24, 2.45) is 5.92 Å². The Bertz CT molecular complexity index is 1050. The molecule has 0 spiro atoms. The molecule has 30 heavy (non-hydrogen) atoms. The van der Waals surface area contributed by atoms with E-state index in [2.05, 4.69) is 5.10 Å². The summed E-state index contributed by atoms with van der Waals surface area (Å²) in [5.74, 6) is -1.31. The van der Waals surface area contributed by atoms with Gasteiger partial charge in [0.25, 0.3) is 0 Å². The number of hydrogen-bond acceptors (Lipinski definition) is 3. The van der Waals surface area contributed by atoms with Crippen molar-refractivity contribution in [1.82, 2.24) is 14.7 Å². The van der Waals surface area contributed by atoms with Crippen LogP contribution in [0.25, 0.3) is 0 Å². The molecule has 0 bridgehead atoms. The number of carbonyl (C=O) groups is 2. The van der Waals surface area contributed by atoms with Gasteiger partial charge >= 0.3 is 0 Å². The van der Waals surface area contributed by atoms with Gasteiger partial charge in [-0.3, -0.25) is 14.3 Å². The number of hydrogen-bond donors (Lipinski definition) is 0. The number of rotatable bonds is 6. The first kappa shape index (κ1) is 19.8.